The summed E-state index contributed by atoms with van der Waals surface area (Å²) < 4.78 is 12.7. The molecule has 6 nitrogen and oxygen atoms in total. The van der Waals surface area contributed by atoms with Gasteiger partial charge >= 0.3 is 5.69 Å². The average molecular weight is 359 g/mol. The third kappa shape index (κ3) is 2.44. The molecule has 134 valence electrons. The van der Waals surface area contributed by atoms with Crippen molar-refractivity contribution in [2.75, 3.05) is 6.79 Å². The molecule has 27 heavy (non-hydrogen) atoms. The van der Waals surface area contributed by atoms with Crippen LogP contribution in [0.25, 0.3) is 33.1 Å². The SMILES string of the molecule is CC(C)n1c(=O)nc(-c2cnc3ccccc3c2)c2cc3c(cc21)OCO3. The van der Waals surface area contributed by atoms with Gasteiger partial charge in [-0.25, -0.2) is 4.79 Å². The summed E-state index contributed by atoms with van der Waals surface area (Å²) in [6.45, 7) is 4.10. The third-order valence-corrected chi connectivity index (χ3v) is 4.80. The molecule has 0 radical (unpaired) electrons. The second-order valence-electron chi connectivity index (χ2n) is 6.85. The van der Waals surface area contributed by atoms with E-state index in [0.29, 0.717) is 17.2 Å². The molecule has 2 aromatic heterocycles. The lowest BCUT2D eigenvalue weighted by Gasteiger charge is -2.16. The van der Waals surface area contributed by atoms with E-state index in [1.54, 1.807) is 10.8 Å². The van der Waals surface area contributed by atoms with Gasteiger partial charge in [-0.15, -0.1) is 0 Å². The van der Waals surface area contributed by atoms with Gasteiger partial charge in [-0.2, -0.15) is 4.98 Å². The Labute approximate surface area is 155 Å². The van der Waals surface area contributed by atoms with Gasteiger partial charge in [-0.3, -0.25) is 9.55 Å². The van der Waals surface area contributed by atoms with Crippen LogP contribution in [0.5, 0.6) is 11.5 Å². The van der Waals surface area contributed by atoms with Gasteiger partial charge in [-0.05, 0) is 32.0 Å². The molecule has 0 N–H and O–H groups in total. The fourth-order valence-corrected chi connectivity index (χ4v) is 3.55. The number of fused-ring (bicyclic) bond motifs is 3. The van der Waals surface area contributed by atoms with Crippen molar-refractivity contribution >= 4 is 21.8 Å². The van der Waals surface area contributed by atoms with Crippen LogP contribution in [-0.4, -0.2) is 21.3 Å². The number of hydrogen-bond acceptors (Lipinski definition) is 5. The Morgan fingerprint density at radius 3 is 2.67 bits per heavy atom. The van der Waals surface area contributed by atoms with Crippen LogP contribution in [0.1, 0.15) is 19.9 Å². The van der Waals surface area contributed by atoms with Gasteiger partial charge < -0.3 is 9.47 Å². The zero-order valence-electron chi connectivity index (χ0n) is 15.0. The number of ether oxygens (including phenoxy) is 2. The van der Waals surface area contributed by atoms with Crippen LogP contribution in [0.15, 0.2) is 53.5 Å². The second kappa shape index (κ2) is 5.81. The Morgan fingerprint density at radius 1 is 1.07 bits per heavy atom. The van der Waals surface area contributed by atoms with E-state index >= 15 is 0 Å². The van der Waals surface area contributed by atoms with Gasteiger partial charge in [0, 0.05) is 34.6 Å². The minimum Gasteiger partial charge on any atom is -0.454 e. The predicted molar refractivity (Wildman–Crippen MR) is 103 cm³/mol. The molecule has 0 amide bonds. The highest BCUT2D eigenvalue weighted by Gasteiger charge is 2.21. The predicted octanol–water partition coefficient (Wildman–Crippen LogP) is 3.92. The van der Waals surface area contributed by atoms with E-state index in [1.165, 1.54) is 0 Å². The molecule has 0 saturated heterocycles. The molecule has 6 heteroatoms. The van der Waals surface area contributed by atoms with Crippen LogP contribution in [-0.2, 0) is 0 Å². The van der Waals surface area contributed by atoms with Gasteiger partial charge in [0.25, 0.3) is 0 Å². The first-order chi connectivity index (χ1) is 13.1. The number of nitrogens with zero attached hydrogens (tertiary/aromatic N) is 3. The molecule has 3 heterocycles. The summed E-state index contributed by atoms with van der Waals surface area (Å²) in [7, 11) is 0. The quantitative estimate of drug-likeness (QED) is 0.543. The first-order valence-electron chi connectivity index (χ1n) is 8.83. The maximum absolute atomic E-state index is 12.8. The summed E-state index contributed by atoms with van der Waals surface area (Å²) in [5.41, 5.74) is 2.78. The summed E-state index contributed by atoms with van der Waals surface area (Å²) in [6, 6.07) is 13.6. The Bertz CT molecular complexity index is 1260. The molecule has 1 aliphatic heterocycles. The topological polar surface area (TPSA) is 66.2 Å². The molecule has 0 bridgehead atoms. The Morgan fingerprint density at radius 2 is 1.85 bits per heavy atom. The fraction of sp³-hybridized carbons (Fsp3) is 0.190. The molecule has 1 aliphatic rings. The number of pyridine rings is 1. The van der Waals surface area contributed by atoms with E-state index in [-0.39, 0.29) is 18.5 Å². The molecule has 0 unspecified atom stereocenters. The molecular weight excluding hydrogens is 342 g/mol. The number of hydrogen-bond donors (Lipinski definition) is 0. The van der Waals surface area contributed by atoms with Gasteiger partial charge in [0.05, 0.1) is 16.7 Å². The van der Waals surface area contributed by atoms with Crippen molar-refractivity contribution in [3.8, 4) is 22.8 Å². The number of benzene rings is 2. The lowest BCUT2D eigenvalue weighted by molar-refractivity contribution is 0.174. The second-order valence-corrected chi connectivity index (χ2v) is 6.85. The molecule has 5 rings (SSSR count). The van der Waals surface area contributed by atoms with Crippen molar-refractivity contribution in [1.29, 1.82) is 0 Å². The Balaban J connectivity index is 1.86. The largest absolute Gasteiger partial charge is 0.454 e. The van der Waals surface area contributed by atoms with E-state index < -0.39 is 0 Å². The third-order valence-electron chi connectivity index (χ3n) is 4.80. The van der Waals surface area contributed by atoms with E-state index in [0.717, 1.165) is 27.4 Å². The number of rotatable bonds is 2. The summed E-state index contributed by atoms with van der Waals surface area (Å²) >= 11 is 0. The molecule has 0 fully saturated rings. The highest BCUT2D eigenvalue weighted by atomic mass is 16.7. The van der Waals surface area contributed by atoms with Crippen molar-refractivity contribution in [1.82, 2.24) is 14.5 Å². The van der Waals surface area contributed by atoms with Gasteiger partial charge in [0.15, 0.2) is 11.5 Å². The van der Waals surface area contributed by atoms with Gasteiger partial charge in [-0.1, -0.05) is 18.2 Å². The van der Waals surface area contributed by atoms with Crippen molar-refractivity contribution in [3.63, 3.8) is 0 Å². The standard InChI is InChI=1S/C21H17N3O3/c1-12(2)24-17-9-19-18(26-11-27-19)8-15(17)20(23-21(24)25)14-7-13-5-3-4-6-16(13)22-10-14/h3-10,12H,11H2,1-2H3. The highest BCUT2D eigenvalue weighted by Crippen LogP contribution is 2.39. The van der Waals surface area contributed by atoms with Crippen LogP contribution in [0.2, 0.25) is 0 Å². The smallest absolute Gasteiger partial charge is 0.348 e. The number of aromatic nitrogens is 3. The van der Waals surface area contributed by atoms with Gasteiger partial charge in [0.1, 0.15) is 0 Å². The molecule has 0 saturated carbocycles. The minimum atomic E-state index is -0.292. The lowest BCUT2D eigenvalue weighted by atomic mass is 10.0. The zero-order valence-corrected chi connectivity index (χ0v) is 15.0. The van der Waals surface area contributed by atoms with Crippen LogP contribution in [0.3, 0.4) is 0 Å². The van der Waals surface area contributed by atoms with Crippen molar-refractivity contribution < 1.29 is 9.47 Å². The van der Waals surface area contributed by atoms with Crippen molar-refractivity contribution in [2.24, 2.45) is 0 Å². The molecule has 0 aliphatic carbocycles. The Hall–Kier alpha value is -3.41. The summed E-state index contributed by atoms with van der Waals surface area (Å²) in [5.74, 6) is 1.30. The minimum absolute atomic E-state index is 0.0309. The van der Waals surface area contributed by atoms with Crippen LogP contribution in [0, 0.1) is 0 Å². The molecule has 4 aromatic rings. The monoisotopic (exact) mass is 359 g/mol. The normalized spacial score (nSPS) is 13.0. The van der Waals surface area contributed by atoms with Crippen molar-refractivity contribution in [2.45, 2.75) is 19.9 Å². The van der Waals surface area contributed by atoms with Crippen LogP contribution in [0.4, 0.5) is 0 Å². The maximum atomic E-state index is 12.8. The maximum Gasteiger partial charge on any atom is 0.348 e. The molecular formula is C21H17N3O3. The number of para-hydroxylation sites is 1. The van der Waals surface area contributed by atoms with Crippen LogP contribution >= 0.6 is 0 Å². The summed E-state index contributed by atoms with van der Waals surface area (Å²) in [5, 5.41) is 1.84. The highest BCUT2D eigenvalue weighted by molar-refractivity contribution is 5.96. The molecule has 2 aromatic carbocycles. The first kappa shape index (κ1) is 15.8. The van der Waals surface area contributed by atoms with E-state index in [2.05, 4.69) is 9.97 Å². The fourth-order valence-electron chi connectivity index (χ4n) is 3.55. The molecule has 0 atom stereocenters. The summed E-state index contributed by atoms with van der Waals surface area (Å²) in [6.07, 6.45) is 1.76. The summed E-state index contributed by atoms with van der Waals surface area (Å²) in [4.78, 5) is 21.7. The molecule has 0 spiro atoms. The van der Waals surface area contributed by atoms with Crippen molar-refractivity contribution in [3.05, 3.63) is 59.1 Å². The van der Waals surface area contributed by atoms with Gasteiger partial charge in [0.2, 0.25) is 6.79 Å². The lowest BCUT2D eigenvalue weighted by Crippen LogP contribution is -2.25. The Kier molecular flexibility index (Phi) is 3.40. The first-order valence-corrected chi connectivity index (χ1v) is 8.83. The van der Waals surface area contributed by atoms with E-state index in [4.69, 9.17) is 9.47 Å². The van der Waals surface area contributed by atoms with E-state index in [9.17, 15) is 4.79 Å². The zero-order chi connectivity index (χ0) is 18.5. The van der Waals surface area contributed by atoms with E-state index in [1.807, 2.05) is 56.3 Å². The van der Waals surface area contributed by atoms with Crippen LogP contribution < -0.4 is 15.2 Å². The average Bonchev–Trinajstić information content (AvgIpc) is 3.12.